The summed E-state index contributed by atoms with van der Waals surface area (Å²) in [6.45, 7) is 6.06. The molecule has 0 aromatic carbocycles. The topological polar surface area (TPSA) is 38.1 Å². The molecule has 4 nitrogen and oxygen atoms in total. The van der Waals surface area contributed by atoms with Gasteiger partial charge in [-0.3, -0.25) is 4.79 Å². The molecule has 0 unspecified atom stereocenters. The molecule has 0 radical (unpaired) electrons. The first kappa shape index (κ1) is 16.0. The summed E-state index contributed by atoms with van der Waals surface area (Å²) in [4.78, 5) is 19.6. The van der Waals surface area contributed by atoms with E-state index in [9.17, 15) is 4.79 Å². The lowest BCUT2D eigenvalue weighted by molar-refractivity contribution is 0.183. The van der Waals surface area contributed by atoms with Gasteiger partial charge in [-0.05, 0) is 37.7 Å². The molecule has 0 amide bonds. The Morgan fingerprint density at radius 3 is 2.79 bits per heavy atom. The third kappa shape index (κ3) is 3.33. The zero-order chi connectivity index (χ0) is 16.5. The lowest BCUT2D eigenvalue weighted by atomic mass is 9.85. The quantitative estimate of drug-likeness (QED) is 0.857. The van der Waals surface area contributed by atoms with Gasteiger partial charge in [-0.25, -0.2) is 4.98 Å². The lowest BCUT2D eigenvalue weighted by Crippen LogP contribution is -2.34. The van der Waals surface area contributed by atoms with Gasteiger partial charge in [0.25, 0.3) is 5.56 Å². The monoisotopic (exact) mass is 343 g/mol. The number of fused-ring (bicyclic) bond motifs is 1. The van der Waals surface area contributed by atoms with Crippen LogP contribution in [-0.4, -0.2) is 34.1 Å². The van der Waals surface area contributed by atoms with Crippen LogP contribution in [0.25, 0.3) is 0 Å². The summed E-state index contributed by atoms with van der Waals surface area (Å²) in [5, 5.41) is 3.13. The fourth-order valence-corrected chi connectivity index (χ4v) is 4.49. The summed E-state index contributed by atoms with van der Waals surface area (Å²) in [6.07, 6.45) is 6.24. The molecule has 1 saturated carbocycles. The first-order valence-corrected chi connectivity index (χ1v) is 9.92. The van der Waals surface area contributed by atoms with Gasteiger partial charge in [0.1, 0.15) is 0 Å². The standard InChI is InChI=1S/C19H25N3OS/c1-14-20-17(13-24-14)12-22-18-8-10-21(11-15-3-2-4-15)9-7-16(18)5-6-19(22)23/h5-6,13,15H,2-4,7-12H2,1H3. The molecule has 1 fully saturated rings. The number of thiazole rings is 1. The average molecular weight is 343 g/mol. The highest BCUT2D eigenvalue weighted by Gasteiger charge is 2.23. The van der Waals surface area contributed by atoms with E-state index in [0.29, 0.717) is 6.54 Å². The van der Waals surface area contributed by atoms with Gasteiger partial charge < -0.3 is 9.47 Å². The first-order valence-electron chi connectivity index (χ1n) is 9.04. The van der Waals surface area contributed by atoms with E-state index in [-0.39, 0.29) is 5.56 Å². The molecule has 0 spiro atoms. The van der Waals surface area contributed by atoms with E-state index in [1.807, 2.05) is 17.6 Å². The van der Waals surface area contributed by atoms with Crippen LogP contribution < -0.4 is 5.56 Å². The van der Waals surface area contributed by atoms with Crippen LogP contribution >= 0.6 is 11.3 Å². The van der Waals surface area contributed by atoms with Crippen molar-refractivity contribution in [3.8, 4) is 0 Å². The van der Waals surface area contributed by atoms with Crippen molar-refractivity contribution in [1.82, 2.24) is 14.5 Å². The molecule has 2 aromatic rings. The van der Waals surface area contributed by atoms with E-state index in [2.05, 4.69) is 15.3 Å². The maximum absolute atomic E-state index is 12.5. The van der Waals surface area contributed by atoms with Gasteiger partial charge in [-0.1, -0.05) is 12.5 Å². The van der Waals surface area contributed by atoms with Crippen molar-refractivity contribution in [2.75, 3.05) is 19.6 Å². The molecule has 128 valence electrons. The molecule has 24 heavy (non-hydrogen) atoms. The second-order valence-corrected chi connectivity index (χ2v) is 8.25. The first-order chi connectivity index (χ1) is 11.7. The smallest absolute Gasteiger partial charge is 0.251 e. The van der Waals surface area contributed by atoms with Gasteiger partial charge in [0.05, 0.1) is 17.2 Å². The van der Waals surface area contributed by atoms with E-state index >= 15 is 0 Å². The van der Waals surface area contributed by atoms with Crippen LogP contribution in [0.5, 0.6) is 0 Å². The molecule has 0 atom stereocenters. The molecule has 0 bridgehead atoms. The van der Waals surface area contributed by atoms with Gasteiger partial charge in [0, 0.05) is 43.2 Å². The minimum atomic E-state index is 0.104. The highest BCUT2D eigenvalue weighted by Crippen LogP contribution is 2.28. The Morgan fingerprint density at radius 2 is 2.08 bits per heavy atom. The third-order valence-electron chi connectivity index (χ3n) is 5.48. The van der Waals surface area contributed by atoms with Crippen molar-refractivity contribution < 1.29 is 0 Å². The minimum absolute atomic E-state index is 0.104. The predicted octanol–water partition coefficient (Wildman–Crippen LogP) is 2.86. The molecule has 5 heteroatoms. The molecule has 0 saturated heterocycles. The molecule has 2 aromatic heterocycles. The number of hydrogen-bond acceptors (Lipinski definition) is 4. The maximum Gasteiger partial charge on any atom is 0.251 e. The maximum atomic E-state index is 12.5. The Bertz CT molecular complexity index is 775. The van der Waals surface area contributed by atoms with E-state index in [0.717, 1.165) is 42.6 Å². The van der Waals surface area contributed by atoms with Gasteiger partial charge in [-0.2, -0.15) is 0 Å². The summed E-state index contributed by atoms with van der Waals surface area (Å²) in [6, 6.07) is 3.78. The predicted molar refractivity (Wildman–Crippen MR) is 97.8 cm³/mol. The fourth-order valence-electron chi connectivity index (χ4n) is 3.88. The number of nitrogens with zero attached hydrogens (tertiary/aromatic N) is 3. The van der Waals surface area contributed by atoms with Gasteiger partial charge in [-0.15, -0.1) is 11.3 Å². The Hall–Kier alpha value is -1.46. The van der Waals surface area contributed by atoms with Crippen LogP contribution in [0, 0.1) is 12.8 Å². The van der Waals surface area contributed by atoms with Crippen LogP contribution in [0.2, 0.25) is 0 Å². The summed E-state index contributed by atoms with van der Waals surface area (Å²) in [5.41, 5.74) is 3.68. The Kier molecular flexibility index (Phi) is 4.55. The Morgan fingerprint density at radius 1 is 1.25 bits per heavy atom. The number of pyridine rings is 1. The van der Waals surface area contributed by atoms with Crippen molar-refractivity contribution in [1.29, 1.82) is 0 Å². The normalized spacial score (nSPS) is 18.9. The third-order valence-corrected chi connectivity index (χ3v) is 6.30. The largest absolute Gasteiger partial charge is 0.306 e. The van der Waals surface area contributed by atoms with Crippen LogP contribution in [0.1, 0.15) is 41.2 Å². The van der Waals surface area contributed by atoms with Crippen molar-refractivity contribution in [2.45, 2.75) is 45.6 Å². The zero-order valence-corrected chi connectivity index (χ0v) is 15.1. The second-order valence-electron chi connectivity index (χ2n) is 7.19. The number of hydrogen-bond donors (Lipinski definition) is 0. The highest BCUT2D eigenvalue weighted by molar-refractivity contribution is 7.09. The lowest BCUT2D eigenvalue weighted by Gasteiger charge is -2.31. The summed E-state index contributed by atoms with van der Waals surface area (Å²) in [7, 11) is 0. The molecule has 1 aliphatic heterocycles. The highest BCUT2D eigenvalue weighted by atomic mass is 32.1. The SMILES string of the molecule is Cc1nc(Cn2c3c(ccc2=O)CCN(CC2CCC2)CC3)cs1. The van der Waals surface area contributed by atoms with Crippen LogP contribution in [-0.2, 0) is 19.4 Å². The minimum Gasteiger partial charge on any atom is -0.306 e. The number of aryl methyl sites for hydroxylation is 1. The molecular weight excluding hydrogens is 318 g/mol. The summed E-state index contributed by atoms with van der Waals surface area (Å²) in [5.74, 6) is 0.909. The van der Waals surface area contributed by atoms with Crippen molar-refractivity contribution >= 4 is 11.3 Å². The summed E-state index contributed by atoms with van der Waals surface area (Å²) >= 11 is 1.65. The van der Waals surface area contributed by atoms with E-state index in [1.165, 1.54) is 37.1 Å². The van der Waals surface area contributed by atoms with Gasteiger partial charge in [0.15, 0.2) is 0 Å². The summed E-state index contributed by atoms with van der Waals surface area (Å²) < 4.78 is 1.96. The number of rotatable bonds is 4. The van der Waals surface area contributed by atoms with Gasteiger partial charge in [0.2, 0.25) is 0 Å². The molecule has 3 heterocycles. The van der Waals surface area contributed by atoms with Crippen molar-refractivity contribution in [3.63, 3.8) is 0 Å². The Balaban J connectivity index is 1.55. The zero-order valence-electron chi connectivity index (χ0n) is 14.3. The number of aromatic nitrogens is 2. The fraction of sp³-hybridized carbons (Fsp3) is 0.579. The van der Waals surface area contributed by atoms with E-state index in [4.69, 9.17) is 0 Å². The Labute approximate surface area is 147 Å². The molecular formula is C19H25N3OS. The second kappa shape index (κ2) is 6.81. The average Bonchev–Trinajstić information content (AvgIpc) is 2.82. The molecule has 1 aliphatic carbocycles. The molecule has 4 rings (SSSR count). The van der Waals surface area contributed by atoms with E-state index < -0.39 is 0 Å². The van der Waals surface area contributed by atoms with Crippen LogP contribution in [0.4, 0.5) is 0 Å². The molecule has 0 N–H and O–H groups in total. The van der Waals surface area contributed by atoms with Crippen LogP contribution in [0.15, 0.2) is 22.3 Å². The molecule has 2 aliphatic rings. The van der Waals surface area contributed by atoms with E-state index in [1.54, 1.807) is 17.4 Å². The van der Waals surface area contributed by atoms with Crippen LogP contribution in [0.3, 0.4) is 0 Å². The van der Waals surface area contributed by atoms with Gasteiger partial charge >= 0.3 is 0 Å². The van der Waals surface area contributed by atoms with Crippen molar-refractivity contribution in [3.05, 3.63) is 49.8 Å². The van der Waals surface area contributed by atoms with Crippen molar-refractivity contribution in [2.24, 2.45) is 5.92 Å².